The number of aliphatic hydroxyl groups excluding tert-OH is 1. The van der Waals surface area contributed by atoms with E-state index in [1.165, 1.54) is 0 Å². The van der Waals surface area contributed by atoms with Crippen LogP contribution in [0.4, 0.5) is 0 Å². The highest BCUT2D eigenvalue weighted by atomic mass is 16.4. The number of benzene rings is 1. The molecule has 0 amide bonds. The summed E-state index contributed by atoms with van der Waals surface area (Å²) in [5, 5.41) is 11.9. The van der Waals surface area contributed by atoms with Crippen LogP contribution in [-0.4, -0.2) is 18.3 Å². The number of fused-ring (bicyclic) bond motifs is 1. The summed E-state index contributed by atoms with van der Waals surface area (Å²) in [6.07, 6.45) is 0.761. The van der Waals surface area contributed by atoms with E-state index in [4.69, 9.17) is 9.52 Å². The molecule has 0 radical (unpaired) electrons. The minimum atomic E-state index is -0.299. The van der Waals surface area contributed by atoms with Gasteiger partial charge >= 0.3 is 5.63 Å². The van der Waals surface area contributed by atoms with E-state index in [2.05, 4.69) is 11.4 Å². The summed E-state index contributed by atoms with van der Waals surface area (Å²) < 4.78 is 5.33. The summed E-state index contributed by atoms with van der Waals surface area (Å²) in [5.74, 6) is 0. The fourth-order valence-corrected chi connectivity index (χ4v) is 2.19. The third-order valence-corrected chi connectivity index (χ3v) is 3.45. The van der Waals surface area contributed by atoms with Gasteiger partial charge in [-0.2, -0.15) is 0 Å². The molecule has 0 atom stereocenters. The van der Waals surface area contributed by atoms with E-state index in [1.54, 1.807) is 6.07 Å². The highest BCUT2D eigenvalue weighted by molar-refractivity contribution is 5.83. The SMILES string of the molecule is Cc1ccc2c(C[NH2+]CCCO)cc(=O)oc2c1C. The maximum absolute atomic E-state index is 11.6. The van der Waals surface area contributed by atoms with Gasteiger partial charge in [-0.3, -0.25) is 0 Å². The largest absolute Gasteiger partial charge is 0.422 e. The smallest absolute Gasteiger partial charge is 0.336 e. The molecule has 0 bridgehead atoms. The predicted octanol–water partition coefficient (Wildman–Crippen LogP) is 0.856. The summed E-state index contributed by atoms with van der Waals surface area (Å²) in [6.45, 7) is 5.76. The first-order valence-corrected chi connectivity index (χ1v) is 6.59. The normalized spacial score (nSPS) is 11.1. The first kappa shape index (κ1) is 13.8. The first-order chi connectivity index (χ1) is 9.13. The zero-order valence-corrected chi connectivity index (χ0v) is 11.4. The zero-order chi connectivity index (χ0) is 13.8. The second-order valence-electron chi connectivity index (χ2n) is 4.83. The molecule has 0 saturated carbocycles. The topological polar surface area (TPSA) is 67.1 Å². The third-order valence-electron chi connectivity index (χ3n) is 3.45. The summed E-state index contributed by atoms with van der Waals surface area (Å²) in [6, 6.07) is 5.62. The molecule has 2 rings (SSSR count). The Bertz CT molecular complexity index is 631. The van der Waals surface area contributed by atoms with Crippen molar-refractivity contribution < 1.29 is 14.8 Å². The lowest BCUT2D eigenvalue weighted by Crippen LogP contribution is -2.82. The Hall–Kier alpha value is -1.65. The minimum absolute atomic E-state index is 0.201. The Morgan fingerprint density at radius 1 is 1.32 bits per heavy atom. The monoisotopic (exact) mass is 262 g/mol. The fourth-order valence-electron chi connectivity index (χ4n) is 2.19. The van der Waals surface area contributed by atoms with E-state index >= 15 is 0 Å². The Morgan fingerprint density at radius 2 is 2.11 bits per heavy atom. The average Bonchev–Trinajstić information content (AvgIpc) is 2.39. The van der Waals surface area contributed by atoms with Crippen LogP contribution in [0.1, 0.15) is 23.1 Å². The first-order valence-electron chi connectivity index (χ1n) is 6.59. The van der Waals surface area contributed by atoms with Gasteiger partial charge in [-0.15, -0.1) is 0 Å². The lowest BCUT2D eigenvalue weighted by atomic mass is 10.0. The van der Waals surface area contributed by atoms with Crippen molar-refractivity contribution in [1.29, 1.82) is 0 Å². The zero-order valence-electron chi connectivity index (χ0n) is 11.4. The number of quaternary nitrogens is 1. The number of aliphatic hydroxyl groups is 1. The Morgan fingerprint density at radius 3 is 2.84 bits per heavy atom. The van der Waals surface area contributed by atoms with Gasteiger partial charge in [0.1, 0.15) is 12.1 Å². The van der Waals surface area contributed by atoms with Crippen LogP contribution in [0, 0.1) is 13.8 Å². The average molecular weight is 262 g/mol. The molecular formula is C15H20NO3+. The van der Waals surface area contributed by atoms with Gasteiger partial charge in [0, 0.05) is 30.0 Å². The Balaban J connectivity index is 2.38. The maximum Gasteiger partial charge on any atom is 0.336 e. The van der Waals surface area contributed by atoms with E-state index in [9.17, 15) is 4.79 Å². The molecule has 0 saturated heterocycles. The molecule has 0 spiro atoms. The molecule has 1 heterocycles. The molecule has 102 valence electrons. The van der Waals surface area contributed by atoms with Crippen molar-refractivity contribution in [2.75, 3.05) is 13.2 Å². The predicted molar refractivity (Wildman–Crippen MR) is 74.2 cm³/mol. The second kappa shape index (κ2) is 5.99. The molecular weight excluding hydrogens is 242 g/mol. The Labute approximate surface area is 112 Å². The van der Waals surface area contributed by atoms with Crippen LogP contribution in [0.3, 0.4) is 0 Å². The van der Waals surface area contributed by atoms with Crippen LogP contribution < -0.4 is 10.9 Å². The molecule has 1 aromatic heterocycles. The number of hydrogen-bond donors (Lipinski definition) is 2. The second-order valence-corrected chi connectivity index (χ2v) is 4.83. The van der Waals surface area contributed by atoms with Gasteiger partial charge in [-0.05, 0) is 25.0 Å². The van der Waals surface area contributed by atoms with E-state index in [0.29, 0.717) is 5.58 Å². The number of aryl methyl sites for hydroxylation is 2. The van der Waals surface area contributed by atoms with Crippen LogP contribution in [0.5, 0.6) is 0 Å². The molecule has 0 aliphatic heterocycles. The van der Waals surface area contributed by atoms with Crippen molar-refractivity contribution in [3.05, 3.63) is 45.3 Å². The maximum atomic E-state index is 11.6. The van der Waals surface area contributed by atoms with Crippen molar-refractivity contribution in [1.82, 2.24) is 0 Å². The molecule has 2 aromatic rings. The number of rotatable bonds is 5. The van der Waals surface area contributed by atoms with Gasteiger partial charge in [0.05, 0.1) is 6.54 Å². The summed E-state index contributed by atoms with van der Waals surface area (Å²) in [5.41, 5.74) is 3.53. The van der Waals surface area contributed by atoms with Crippen LogP contribution in [0.25, 0.3) is 11.0 Å². The summed E-state index contributed by atoms with van der Waals surface area (Å²) in [7, 11) is 0. The Kier molecular flexibility index (Phi) is 4.35. The van der Waals surface area contributed by atoms with Crippen molar-refractivity contribution in [3.8, 4) is 0 Å². The van der Waals surface area contributed by atoms with E-state index in [0.717, 1.165) is 41.6 Å². The lowest BCUT2D eigenvalue weighted by Gasteiger charge is -2.08. The molecule has 0 aliphatic rings. The van der Waals surface area contributed by atoms with Crippen LogP contribution in [-0.2, 0) is 6.54 Å². The van der Waals surface area contributed by atoms with Gasteiger partial charge < -0.3 is 14.8 Å². The van der Waals surface area contributed by atoms with Crippen molar-refractivity contribution in [2.24, 2.45) is 0 Å². The van der Waals surface area contributed by atoms with Gasteiger partial charge in [-0.25, -0.2) is 4.79 Å². The fraction of sp³-hybridized carbons (Fsp3) is 0.400. The molecule has 4 heteroatoms. The number of nitrogens with two attached hydrogens (primary N) is 1. The third kappa shape index (κ3) is 3.03. The van der Waals surface area contributed by atoms with Crippen molar-refractivity contribution in [3.63, 3.8) is 0 Å². The summed E-state index contributed by atoms with van der Waals surface area (Å²) in [4.78, 5) is 11.6. The summed E-state index contributed by atoms with van der Waals surface area (Å²) >= 11 is 0. The van der Waals surface area contributed by atoms with Crippen LogP contribution in [0.15, 0.2) is 27.4 Å². The minimum Gasteiger partial charge on any atom is -0.422 e. The van der Waals surface area contributed by atoms with Gasteiger partial charge in [0.25, 0.3) is 0 Å². The molecule has 3 N–H and O–H groups in total. The van der Waals surface area contributed by atoms with Gasteiger partial charge in [-0.1, -0.05) is 12.1 Å². The molecule has 0 aliphatic carbocycles. The molecule has 19 heavy (non-hydrogen) atoms. The van der Waals surface area contributed by atoms with Gasteiger partial charge in [0.15, 0.2) is 0 Å². The van der Waals surface area contributed by atoms with Crippen molar-refractivity contribution in [2.45, 2.75) is 26.8 Å². The van der Waals surface area contributed by atoms with E-state index in [-0.39, 0.29) is 12.2 Å². The molecule has 0 fully saturated rings. The molecule has 1 aromatic carbocycles. The standard InChI is InChI=1S/C15H19NO3/c1-10-4-5-13-12(9-16-6-3-7-17)8-14(18)19-15(13)11(10)2/h4-5,8,16-17H,3,6-7,9H2,1-2H3/p+1. The van der Waals surface area contributed by atoms with E-state index < -0.39 is 0 Å². The van der Waals surface area contributed by atoms with Crippen LogP contribution in [0.2, 0.25) is 0 Å². The quantitative estimate of drug-likeness (QED) is 0.620. The van der Waals surface area contributed by atoms with Crippen molar-refractivity contribution >= 4 is 11.0 Å². The highest BCUT2D eigenvalue weighted by Gasteiger charge is 2.10. The van der Waals surface area contributed by atoms with E-state index in [1.807, 2.05) is 19.9 Å². The lowest BCUT2D eigenvalue weighted by molar-refractivity contribution is -0.670. The number of hydrogen-bond acceptors (Lipinski definition) is 3. The van der Waals surface area contributed by atoms with Gasteiger partial charge in [0.2, 0.25) is 0 Å². The molecule has 4 nitrogen and oxygen atoms in total. The molecule has 0 unspecified atom stereocenters. The van der Waals surface area contributed by atoms with Crippen LogP contribution >= 0.6 is 0 Å². The highest BCUT2D eigenvalue weighted by Crippen LogP contribution is 2.22.